The minimum Gasteiger partial charge on any atom is -0.481 e. The molecule has 0 unspecified atom stereocenters. The third-order valence-electron chi connectivity index (χ3n) is 1.09. The molecule has 0 saturated carbocycles. The third kappa shape index (κ3) is 7.50. The Bertz CT molecular complexity index is 157. The van der Waals surface area contributed by atoms with Gasteiger partial charge in [-0.05, 0) is 6.42 Å². The molecule has 0 spiro atoms. The van der Waals surface area contributed by atoms with Gasteiger partial charge in [-0.25, -0.2) is 0 Å². The minimum absolute atomic E-state index is 0.0247. The van der Waals surface area contributed by atoms with E-state index in [1.54, 1.807) is 0 Å². The number of rotatable bonds is 7. The molecule has 0 aromatic heterocycles. The zero-order valence-electron chi connectivity index (χ0n) is 6.59. The van der Waals surface area contributed by atoms with E-state index in [0.29, 0.717) is 6.42 Å². The Morgan fingerprint density at radius 2 is 2.08 bits per heavy atom. The van der Waals surface area contributed by atoms with E-state index < -0.39 is 5.97 Å². The molecule has 0 atom stereocenters. The topological polar surface area (TPSA) is 63.6 Å². The summed E-state index contributed by atoms with van der Waals surface area (Å²) in [6, 6.07) is 0. The normalized spacial score (nSPS) is 9.75. The lowest BCUT2D eigenvalue weighted by Gasteiger charge is -1.99. The summed E-state index contributed by atoms with van der Waals surface area (Å²) in [5.74, 6) is -1.10. The van der Waals surface area contributed by atoms with Crippen LogP contribution >= 0.6 is 11.6 Å². The zero-order valence-corrected chi connectivity index (χ0v) is 7.34. The molecule has 0 aliphatic heterocycles. The van der Waals surface area contributed by atoms with Gasteiger partial charge in [0, 0.05) is 13.0 Å². The van der Waals surface area contributed by atoms with Crippen LogP contribution in [0.3, 0.4) is 0 Å². The van der Waals surface area contributed by atoms with Gasteiger partial charge in [0.1, 0.15) is 6.61 Å². The van der Waals surface area contributed by atoms with Crippen LogP contribution in [0.15, 0.2) is 0 Å². The Hall–Kier alpha value is -0.610. The number of Topliss-reactive ketones (excluding diaryl/α,β-unsaturated/α-hetero) is 1. The fraction of sp³-hybridized carbons (Fsp3) is 0.714. The van der Waals surface area contributed by atoms with Gasteiger partial charge in [0.15, 0.2) is 5.78 Å². The molecule has 0 rings (SSSR count). The summed E-state index contributed by atoms with van der Waals surface area (Å²) in [6.45, 7) is 0.262. The summed E-state index contributed by atoms with van der Waals surface area (Å²) in [5, 5.41) is 8.22. The highest BCUT2D eigenvalue weighted by Gasteiger charge is 2.00. The van der Waals surface area contributed by atoms with Gasteiger partial charge in [-0.3, -0.25) is 9.59 Å². The third-order valence-corrected chi connectivity index (χ3v) is 1.39. The number of carbonyl (C=O) groups is 2. The van der Waals surface area contributed by atoms with Crippen LogP contribution in [0.5, 0.6) is 0 Å². The van der Waals surface area contributed by atoms with E-state index >= 15 is 0 Å². The van der Waals surface area contributed by atoms with Crippen molar-refractivity contribution in [3.05, 3.63) is 0 Å². The Balaban J connectivity index is 3.11. The molecular formula is C7H11ClO4. The summed E-state index contributed by atoms with van der Waals surface area (Å²) in [7, 11) is 0. The molecular weight excluding hydrogens is 184 g/mol. The minimum atomic E-state index is -0.859. The van der Waals surface area contributed by atoms with Gasteiger partial charge in [-0.15, -0.1) is 11.6 Å². The molecule has 0 bridgehead atoms. The van der Waals surface area contributed by atoms with Crippen LogP contribution < -0.4 is 0 Å². The predicted octanol–water partition coefficient (Wildman–Crippen LogP) is 0.676. The molecule has 0 amide bonds. The molecule has 1 N–H and O–H groups in total. The van der Waals surface area contributed by atoms with Gasteiger partial charge in [-0.1, -0.05) is 0 Å². The van der Waals surface area contributed by atoms with Crippen LogP contribution in [0.25, 0.3) is 0 Å². The van der Waals surface area contributed by atoms with Crippen LogP contribution in [0.4, 0.5) is 0 Å². The van der Waals surface area contributed by atoms with E-state index in [0.717, 1.165) is 0 Å². The summed E-state index contributed by atoms with van der Waals surface area (Å²) in [4.78, 5) is 20.5. The van der Waals surface area contributed by atoms with Crippen molar-refractivity contribution in [2.45, 2.75) is 12.8 Å². The van der Waals surface area contributed by atoms with Crippen molar-refractivity contribution in [1.82, 2.24) is 0 Å². The van der Waals surface area contributed by atoms with Gasteiger partial charge in [0.25, 0.3) is 0 Å². The first-order valence-corrected chi connectivity index (χ1v) is 4.07. The first-order valence-electron chi connectivity index (χ1n) is 3.54. The van der Waals surface area contributed by atoms with Crippen molar-refractivity contribution in [2.75, 3.05) is 19.1 Å². The van der Waals surface area contributed by atoms with Crippen molar-refractivity contribution >= 4 is 23.4 Å². The van der Waals surface area contributed by atoms with Crippen LogP contribution in [0, 0.1) is 0 Å². The molecule has 0 radical (unpaired) electrons. The van der Waals surface area contributed by atoms with Gasteiger partial charge in [0.2, 0.25) is 0 Å². The van der Waals surface area contributed by atoms with E-state index in [1.807, 2.05) is 0 Å². The quantitative estimate of drug-likeness (QED) is 0.478. The molecule has 0 saturated heterocycles. The average Bonchev–Trinajstić information content (AvgIpc) is 2.03. The molecule has 70 valence electrons. The number of ether oxygens (including phenoxy) is 1. The van der Waals surface area contributed by atoms with E-state index in [-0.39, 0.29) is 31.3 Å². The van der Waals surface area contributed by atoms with Crippen molar-refractivity contribution in [3.63, 3.8) is 0 Å². The molecule has 4 nitrogen and oxygen atoms in total. The fourth-order valence-electron chi connectivity index (χ4n) is 0.550. The standard InChI is InChI=1S/C7H11ClO4/c8-4-6(9)5-12-3-1-2-7(10)11/h1-5H2,(H,10,11). The molecule has 0 heterocycles. The van der Waals surface area contributed by atoms with E-state index in [2.05, 4.69) is 0 Å². The fourth-order valence-corrected chi connectivity index (χ4v) is 0.627. The van der Waals surface area contributed by atoms with Crippen molar-refractivity contribution in [3.8, 4) is 0 Å². The Morgan fingerprint density at radius 1 is 1.42 bits per heavy atom. The Kier molecular flexibility index (Phi) is 6.70. The molecule has 0 aliphatic rings. The maximum Gasteiger partial charge on any atom is 0.303 e. The SMILES string of the molecule is O=C(O)CCCOCC(=O)CCl. The lowest BCUT2D eigenvalue weighted by atomic mass is 10.3. The van der Waals surface area contributed by atoms with Crippen molar-refractivity contribution < 1.29 is 19.4 Å². The van der Waals surface area contributed by atoms with Gasteiger partial charge >= 0.3 is 5.97 Å². The lowest BCUT2D eigenvalue weighted by Crippen LogP contribution is -2.11. The number of ketones is 1. The summed E-state index contributed by atoms with van der Waals surface area (Å²) in [5.41, 5.74) is 0. The number of alkyl halides is 1. The van der Waals surface area contributed by atoms with Gasteiger partial charge < -0.3 is 9.84 Å². The summed E-state index contributed by atoms with van der Waals surface area (Å²) >= 11 is 5.19. The molecule has 0 fully saturated rings. The molecule has 5 heteroatoms. The van der Waals surface area contributed by atoms with E-state index in [9.17, 15) is 9.59 Å². The van der Waals surface area contributed by atoms with Crippen LogP contribution in [0.2, 0.25) is 0 Å². The van der Waals surface area contributed by atoms with Crippen molar-refractivity contribution in [1.29, 1.82) is 0 Å². The monoisotopic (exact) mass is 194 g/mol. The first kappa shape index (κ1) is 11.4. The second-order valence-corrected chi connectivity index (χ2v) is 2.49. The second kappa shape index (κ2) is 7.06. The number of hydrogen-bond acceptors (Lipinski definition) is 3. The largest absolute Gasteiger partial charge is 0.481 e. The maximum atomic E-state index is 10.5. The summed E-state index contributed by atoms with van der Waals surface area (Å²) in [6.07, 6.45) is 0.486. The van der Waals surface area contributed by atoms with E-state index in [1.165, 1.54) is 0 Å². The highest BCUT2D eigenvalue weighted by Crippen LogP contribution is 1.90. The molecule has 0 aromatic rings. The van der Waals surface area contributed by atoms with Crippen LogP contribution in [-0.4, -0.2) is 36.0 Å². The van der Waals surface area contributed by atoms with Gasteiger partial charge in [-0.2, -0.15) is 0 Å². The Labute approximate surface area is 75.5 Å². The number of carbonyl (C=O) groups excluding carboxylic acids is 1. The number of aliphatic carboxylic acids is 1. The summed E-state index contributed by atoms with van der Waals surface area (Å²) < 4.78 is 4.84. The smallest absolute Gasteiger partial charge is 0.303 e. The number of carboxylic acid groups (broad SMARTS) is 1. The highest BCUT2D eigenvalue weighted by atomic mass is 35.5. The van der Waals surface area contributed by atoms with Crippen LogP contribution in [-0.2, 0) is 14.3 Å². The molecule has 0 aliphatic carbocycles. The maximum absolute atomic E-state index is 10.5. The van der Waals surface area contributed by atoms with Crippen LogP contribution in [0.1, 0.15) is 12.8 Å². The highest BCUT2D eigenvalue weighted by molar-refractivity contribution is 6.27. The number of carboxylic acids is 1. The molecule has 0 aromatic carbocycles. The predicted molar refractivity (Wildman–Crippen MR) is 43.4 cm³/mol. The second-order valence-electron chi connectivity index (χ2n) is 2.22. The number of halogens is 1. The number of hydrogen-bond donors (Lipinski definition) is 1. The lowest BCUT2D eigenvalue weighted by molar-refractivity contribution is -0.137. The van der Waals surface area contributed by atoms with E-state index in [4.69, 9.17) is 21.4 Å². The first-order chi connectivity index (χ1) is 5.66. The van der Waals surface area contributed by atoms with Crippen molar-refractivity contribution in [2.24, 2.45) is 0 Å². The zero-order chi connectivity index (χ0) is 9.40. The molecule has 12 heavy (non-hydrogen) atoms. The Morgan fingerprint density at radius 3 is 2.58 bits per heavy atom. The van der Waals surface area contributed by atoms with Gasteiger partial charge in [0.05, 0.1) is 5.88 Å². The average molecular weight is 195 g/mol.